The minimum Gasteiger partial charge on any atom is -0.491 e. The van der Waals surface area contributed by atoms with Crippen LogP contribution in [0.2, 0.25) is 0 Å². The number of anilines is 3. The second-order valence-electron chi connectivity index (χ2n) is 10.1. The maximum atomic E-state index is 13.5. The molecule has 3 aliphatic rings. The number of ether oxygens (including phenoxy) is 3. The third kappa shape index (κ3) is 5.90. The minimum atomic E-state index is -4.84. The number of amides is 3. The lowest BCUT2D eigenvalue weighted by atomic mass is 10.1. The highest BCUT2D eigenvalue weighted by atomic mass is 19.4. The number of carbonyl (C=O) groups excluding carboxylic acids is 2. The van der Waals surface area contributed by atoms with Gasteiger partial charge in [-0.05, 0) is 38.5 Å². The van der Waals surface area contributed by atoms with E-state index in [1.165, 1.54) is 17.2 Å². The van der Waals surface area contributed by atoms with E-state index in [9.17, 15) is 22.8 Å². The van der Waals surface area contributed by atoms with Crippen LogP contribution < -0.4 is 25.2 Å². The van der Waals surface area contributed by atoms with E-state index in [0.29, 0.717) is 37.6 Å². The molecule has 2 fully saturated rings. The number of hydrogen-bond donors (Lipinski definition) is 3. The Labute approximate surface area is 227 Å². The summed E-state index contributed by atoms with van der Waals surface area (Å²) in [7, 11) is 0. The fraction of sp³-hybridized carbons (Fsp3) is 0.520. The van der Waals surface area contributed by atoms with E-state index in [0.717, 1.165) is 0 Å². The molecule has 2 aromatic heterocycles. The Kier molecular flexibility index (Phi) is 7.46. The molecule has 3 N–H and O–H groups in total. The lowest BCUT2D eigenvalue weighted by Gasteiger charge is -2.35. The fourth-order valence-corrected chi connectivity index (χ4v) is 4.83. The van der Waals surface area contributed by atoms with Crippen LogP contribution in [0.15, 0.2) is 30.5 Å². The third-order valence-electron chi connectivity index (χ3n) is 6.76. The number of fused-ring (bicyclic) bond motifs is 4. The Morgan fingerprint density at radius 1 is 1.30 bits per heavy atom. The van der Waals surface area contributed by atoms with Crippen LogP contribution in [0.5, 0.6) is 5.75 Å². The van der Waals surface area contributed by atoms with Crippen LogP contribution in [0.4, 0.5) is 35.3 Å². The first-order valence-electron chi connectivity index (χ1n) is 12.7. The van der Waals surface area contributed by atoms with Crippen LogP contribution in [0, 0.1) is 0 Å². The van der Waals surface area contributed by atoms with Crippen LogP contribution in [0.3, 0.4) is 0 Å². The van der Waals surface area contributed by atoms with Gasteiger partial charge >= 0.3 is 12.2 Å². The molecule has 12 nitrogen and oxygen atoms in total. The van der Waals surface area contributed by atoms with Gasteiger partial charge in [0.2, 0.25) is 0 Å². The molecule has 0 spiro atoms. The summed E-state index contributed by atoms with van der Waals surface area (Å²) in [4.78, 5) is 37.9. The van der Waals surface area contributed by atoms with Crippen molar-refractivity contribution >= 4 is 29.3 Å². The number of aromatic nitrogens is 2. The van der Waals surface area contributed by atoms with Crippen molar-refractivity contribution < 1.29 is 42.1 Å². The molecule has 0 saturated carbocycles. The highest BCUT2D eigenvalue weighted by Gasteiger charge is 2.42. The molecular weight excluding hydrogens is 537 g/mol. The Balaban J connectivity index is 1.31. The van der Waals surface area contributed by atoms with Gasteiger partial charge in [-0.3, -0.25) is 15.0 Å². The number of nitrogens with zero attached hydrogens (tertiary/aromatic N) is 4. The number of pyridine rings is 2. The first-order valence-corrected chi connectivity index (χ1v) is 12.7. The summed E-state index contributed by atoms with van der Waals surface area (Å²) in [5.74, 6) is -1.01. The van der Waals surface area contributed by atoms with E-state index in [1.807, 2.05) is 18.7 Å². The van der Waals surface area contributed by atoms with Crippen molar-refractivity contribution in [1.29, 1.82) is 0 Å². The second-order valence-corrected chi connectivity index (χ2v) is 10.1. The van der Waals surface area contributed by atoms with Gasteiger partial charge in [-0.25, -0.2) is 14.8 Å². The molecule has 2 bridgehead atoms. The largest absolute Gasteiger partial charge is 0.491 e. The number of hydrogen-bond acceptors (Lipinski definition) is 9. The predicted molar refractivity (Wildman–Crippen MR) is 135 cm³/mol. The molecular formula is C25H29F3N6O6. The molecule has 5 rings (SSSR count). The summed E-state index contributed by atoms with van der Waals surface area (Å²) in [6.07, 6.45) is -2.99. The standard InChI is InChI=1S/C25H29F3N6O6/c1-24(2)39-13-16(40-24)12-38-15-5-7-29-20(9-15)32-23(37)34-14-6-8-33(10-14)18-4-3-17(30-21(18)34)22(36)31-19(11-35)25(26,27)28/h3-5,7,9,14,16,19,35H,6,8,10-13H2,1-2H3,(H,31,36)(H,29,32,37)/t14-,16?,19?/m0/s1. The van der Waals surface area contributed by atoms with E-state index in [1.54, 1.807) is 23.5 Å². The number of halogens is 3. The van der Waals surface area contributed by atoms with Crippen LogP contribution in [0.1, 0.15) is 30.8 Å². The van der Waals surface area contributed by atoms with Crippen molar-refractivity contribution in [3.63, 3.8) is 0 Å². The van der Waals surface area contributed by atoms with Crippen molar-refractivity contribution in [3.05, 3.63) is 36.2 Å². The molecule has 40 heavy (non-hydrogen) atoms. The minimum absolute atomic E-state index is 0.139. The van der Waals surface area contributed by atoms with E-state index in [4.69, 9.17) is 19.3 Å². The molecule has 0 radical (unpaired) electrons. The normalized spacial score (nSPS) is 22.1. The van der Waals surface area contributed by atoms with E-state index in [-0.39, 0.29) is 36.1 Å². The number of alkyl halides is 3. The van der Waals surface area contributed by atoms with Crippen molar-refractivity contribution in [2.45, 2.75) is 50.4 Å². The quantitative estimate of drug-likeness (QED) is 0.461. The zero-order chi connectivity index (χ0) is 28.7. The molecule has 2 saturated heterocycles. The summed E-state index contributed by atoms with van der Waals surface area (Å²) >= 11 is 0. The number of carbonyl (C=O) groups is 2. The Bertz CT molecular complexity index is 1280. The van der Waals surface area contributed by atoms with Gasteiger partial charge < -0.3 is 29.5 Å². The van der Waals surface area contributed by atoms with Crippen molar-refractivity contribution in [3.8, 4) is 5.75 Å². The summed E-state index contributed by atoms with van der Waals surface area (Å²) < 4.78 is 56.2. The van der Waals surface area contributed by atoms with Gasteiger partial charge in [-0.1, -0.05) is 0 Å². The third-order valence-corrected chi connectivity index (χ3v) is 6.76. The molecule has 216 valence electrons. The highest BCUT2D eigenvalue weighted by Crippen LogP contribution is 2.39. The summed E-state index contributed by atoms with van der Waals surface area (Å²) in [6, 6.07) is 2.72. The average Bonchev–Trinajstić information content (AvgIpc) is 3.48. The number of urea groups is 1. The first kappa shape index (κ1) is 27.9. The SMILES string of the molecule is CC1(C)OCC(COc2ccnc(NC(=O)N3c4nc(C(=O)NC(CO)C(F)(F)F)ccc4N4CC[C@H]3C4)c2)O1. The molecule has 2 unspecified atom stereocenters. The molecule has 15 heteroatoms. The van der Waals surface area contributed by atoms with E-state index < -0.39 is 36.6 Å². The summed E-state index contributed by atoms with van der Waals surface area (Å²) in [5.41, 5.74) is 0.248. The molecule has 2 aromatic rings. The summed E-state index contributed by atoms with van der Waals surface area (Å²) in [6.45, 7) is 4.10. The van der Waals surface area contributed by atoms with E-state index >= 15 is 0 Å². The lowest BCUT2D eigenvalue weighted by Crippen LogP contribution is -2.49. The maximum absolute atomic E-state index is 13.5. The molecule has 3 atom stereocenters. The molecule has 3 aliphatic heterocycles. The number of aliphatic hydroxyl groups excluding tert-OH is 1. The smallest absolute Gasteiger partial charge is 0.410 e. The first-order chi connectivity index (χ1) is 18.9. The zero-order valence-corrected chi connectivity index (χ0v) is 21.8. The van der Waals surface area contributed by atoms with Gasteiger partial charge in [-0.15, -0.1) is 0 Å². The maximum Gasteiger partial charge on any atom is 0.410 e. The topological polar surface area (TPSA) is 138 Å². The van der Waals surface area contributed by atoms with Gasteiger partial charge in [0.25, 0.3) is 5.91 Å². The lowest BCUT2D eigenvalue weighted by molar-refractivity contribution is -0.161. The molecule has 3 amide bonds. The van der Waals surface area contributed by atoms with Crippen LogP contribution in [0.25, 0.3) is 0 Å². The van der Waals surface area contributed by atoms with Crippen LogP contribution >= 0.6 is 0 Å². The highest BCUT2D eigenvalue weighted by molar-refractivity contribution is 6.05. The van der Waals surface area contributed by atoms with E-state index in [2.05, 4.69) is 15.3 Å². The molecule has 0 aromatic carbocycles. The van der Waals surface area contributed by atoms with Gasteiger partial charge in [0.05, 0.1) is 24.9 Å². The molecule has 5 heterocycles. The second kappa shape index (κ2) is 10.7. The van der Waals surface area contributed by atoms with Crippen molar-refractivity contribution in [1.82, 2.24) is 15.3 Å². The number of nitrogens with one attached hydrogen (secondary N) is 2. The average molecular weight is 567 g/mol. The molecule has 0 aliphatic carbocycles. The van der Waals surface area contributed by atoms with Crippen molar-refractivity contribution in [2.75, 3.05) is 48.0 Å². The van der Waals surface area contributed by atoms with Gasteiger partial charge in [-0.2, -0.15) is 13.2 Å². The van der Waals surface area contributed by atoms with Gasteiger partial charge in [0, 0.05) is 25.4 Å². The fourth-order valence-electron chi connectivity index (χ4n) is 4.83. The summed E-state index contributed by atoms with van der Waals surface area (Å²) in [5, 5.41) is 13.5. The Morgan fingerprint density at radius 2 is 2.10 bits per heavy atom. The number of rotatable bonds is 7. The van der Waals surface area contributed by atoms with Crippen LogP contribution in [-0.2, 0) is 9.47 Å². The van der Waals surface area contributed by atoms with Crippen LogP contribution in [-0.4, -0.2) is 90.1 Å². The monoisotopic (exact) mass is 566 g/mol. The number of aliphatic hydroxyl groups is 1. The van der Waals surface area contributed by atoms with Gasteiger partial charge in [0.1, 0.15) is 36.0 Å². The van der Waals surface area contributed by atoms with Crippen molar-refractivity contribution in [2.24, 2.45) is 0 Å². The zero-order valence-electron chi connectivity index (χ0n) is 21.8. The predicted octanol–water partition coefficient (Wildman–Crippen LogP) is 2.29. The Morgan fingerprint density at radius 3 is 2.80 bits per heavy atom. The van der Waals surface area contributed by atoms with Gasteiger partial charge in [0.15, 0.2) is 11.6 Å². The Hall–Kier alpha value is -3.69.